The van der Waals surface area contributed by atoms with Gasteiger partial charge in [-0.1, -0.05) is 13.8 Å². The molecule has 0 bridgehead atoms. The van der Waals surface area contributed by atoms with Gasteiger partial charge in [0.05, 0.1) is 0 Å². The van der Waals surface area contributed by atoms with Gasteiger partial charge in [0.2, 0.25) is 0 Å². The van der Waals surface area contributed by atoms with Crippen LogP contribution in [0.25, 0.3) is 0 Å². The molecule has 0 aromatic heterocycles. The van der Waals surface area contributed by atoms with E-state index in [1.165, 1.54) is 9.80 Å². The molecule has 0 aliphatic carbocycles. The number of rotatable bonds is 6. The Morgan fingerprint density at radius 2 is 1.27 bits per heavy atom. The standard InChI is InChI=1S/C13H26N6O3/c1-5-7-14-11(20)16-9-10(17-12(21)15-8-6-2)19(4)13(22)18(9)3/h9-10H,5-8H2,1-4H3,(H2,14,16,20)(H2,15,17,21)/t9-,10+. The normalized spacial score (nSPS) is 20.8. The van der Waals surface area contributed by atoms with E-state index in [-0.39, 0.29) is 18.1 Å². The molecule has 0 aromatic rings. The van der Waals surface area contributed by atoms with E-state index in [2.05, 4.69) is 21.3 Å². The Balaban J connectivity index is 2.70. The minimum atomic E-state index is -0.637. The Hall–Kier alpha value is -2.19. The van der Waals surface area contributed by atoms with E-state index in [4.69, 9.17) is 0 Å². The maximum Gasteiger partial charge on any atom is 0.323 e. The average Bonchev–Trinajstić information content (AvgIpc) is 2.69. The van der Waals surface area contributed by atoms with Crippen molar-refractivity contribution < 1.29 is 14.4 Å². The summed E-state index contributed by atoms with van der Waals surface area (Å²) in [5, 5.41) is 10.8. The number of hydrogen-bond donors (Lipinski definition) is 4. The van der Waals surface area contributed by atoms with E-state index in [9.17, 15) is 14.4 Å². The van der Waals surface area contributed by atoms with Gasteiger partial charge in [0.15, 0.2) is 0 Å². The summed E-state index contributed by atoms with van der Waals surface area (Å²) in [6, 6.07) is -1.02. The Labute approximate surface area is 130 Å². The van der Waals surface area contributed by atoms with Crippen LogP contribution in [0.1, 0.15) is 26.7 Å². The van der Waals surface area contributed by atoms with Crippen molar-refractivity contribution >= 4 is 18.1 Å². The minimum Gasteiger partial charge on any atom is -0.338 e. The molecule has 0 spiro atoms. The van der Waals surface area contributed by atoms with Gasteiger partial charge in [-0.2, -0.15) is 0 Å². The molecule has 1 rings (SSSR count). The van der Waals surface area contributed by atoms with Crippen molar-refractivity contribution in [3.05, 3.63) is 0 Å². The molecule has 22 heavy (non-hydrogen) atoms. The number of carbonyl (C=O) groups excluding carboxylic acids is 3. The van der Waals surface area contributed by atoms with Crippen molar-refractivity contribution in [3.63, 3.8) is 0 Å². The zero-order valence-electron chi connectivity index (χ0n) is 13.6. The molecule has 4 N–H and O–H groups in total. The molecule has 2 atom stereocenters. The summed E-state index contributed by atoms with van der Waals surface area (Å²) < 4.78 is 0. The predicted molar refractivity (Wildman–Crippen MR) is 82.1 cm³/mol. The summed E-state index contributed by atoms with van der Waals surface area (Å²) in [7, 11) is 3.16. The van der Waals surface area contributed by atoms with Crippen molar-refractivity contribution in [1.29, 1.82) is 0 Å². The fourth-order valence-corrected chi connectivity index (χ4v) is 2.11. The van der Waals surface area contributed by atoms with Gasteiger partial charge in [0.25, 0.3) is 0 Å². The van der Waals surface area contributed by atoms with Gasteiger partial charge in [-0.3, -0.25) is 0 Å². The number of nitrogens with zero attached hydrogens (tertiary/aromatic N) is 2. The Kier molecular flexibility index (Phi) is 6.74. The van der Waals surface area contributed by atoms with E-state index < -0.39 is 12.3 Å². The maximum absolute atomic E-state index is 12.0. The van der Waals surface area contributed by atoms with Gasteiger partial charge < -0.3 is 31.1 Å². The monoisotopic (exact) mass is 314 g/mol. The molecule has 1 aliphatic heterocycles. The van der Waals surface area contributed by atoms with Crippen molar-refractivity contribution in [2.75, 3.05) is 27.2 Å². The van der Waals surface area contributed by atoms with Gasteiger partial charge in [0.1, 0.15) is 12.3 Å². The zero-order chi connectivity index (χ0) is 16.7. The first-order valence-corrected chi connectivity index (χ1v) is 7.50. The number of amides is 6. The summed E-state index contributed by atoms with van der Waals surface area (Å²) in [5.74, 6) is 0. The second-order valence-electron chi connectivity index (χ2n) is 5.19. The number of likely N-dealkylation sites (N-methyl/N-ethyl adjacent to an activating group) is 2. The molecule has 0 saturated carbocycles. The SMILES string of the molecule is CCCNC(=O)N[C@@H]1[C@H](NC(=O)NCCC)N(C)C(=O)N1C. The second-order valence-corrected chi connectivity index (χ2v) is 5.19. The predicted octanol–water partition coefficient (Wildman–Crippen LogP) is 0.0542. The van der Waals surface area contributed by atoms with Crippen LogP contribution >= 0.6 is 0 Å². The molecular weight excluding hydrogens is 288 g/mol. The van der Waals surface area contributed by atoms with Crippen molar-refractivity contribution in [1.82, 2.24) is 31.1 Å². The summed E-state index contributed by atoms with van der Waals surface area (Å²) in [6.45, 7) is 4.98. The number of carbonyl (C=O) groups is 3. The molecule has 9 nitrogen and oxygen atoms in total. The lowest BCUT2D eigenvalue weighted by Crippen LogP contribution is -2.59. The first-order chi connectivity index (χ1) is 10.4. The molecule has 0 radical (unpaired) electrons. The fourth-order valence-electron chi connectivity index (χ4n) is 2.11. The number of nitrogens with one attached hydrogen (secondary N) is 4. The molecule has 0 unspecified atom stereocenters. The van der Waals surface area contributed by atoms with Crippen LogP contribution in [0.3, 0.4) is 0 Å². The maximum atomic E-state index is 12.0. The quantitative estimate of drug-likeness (QED) is 0.557. The Morgan fingerprint density at radius 3 is 1.59 bits per heavy atom. The van der Waals surface area contributed by atoms with Crippen LogP contribution in [0, 0.1) is 0 Å². The van der Waals surface area contributed by atoms with Crippen LogP contribution in [-0.4, -0.2) is 67.4 Å². The highest BCUT2D eigenvalue weighted by Gasteiger charge is 2.43. The molecule has 1 fully saturated rings. The average molecular weight is 314 g/mol. The van der Waals surface area contributed by atoms with E-state index in [0.717, 1.165) is 12.8 Å². The molecule has 126 valence electrons. The number of urea groups is 3. The highest BCUT2D eigenvalue weighted by atomic mass is 16.2. The van der Waals surface area contributed by atoms with E-state index in [0.29, 0.717) is 13.1 Å². The lowest BCUT2D eigenvalue weighted by molar-refractivity contribution is 0.194. The number of hydrogen-bond acceptors (Lipinski definition) is 3. The van der Waals surface area contributed by atoms with Crippen molar-refractivity contribution in [2.45, 2.75) is 39.0 Å². The van der Waals surface area contributed by atoms with Crippen LogP contribution in [0.4, 0.5) is 14.4 Å². The summed E-state index contributed by atoms with van der Waals surface area (Å²) in [4.78, 5) is 38.4. The van der Waals surface area contributed by atoms with Crippen LogP contribution in [0.2, 0.25) is 0 Å². The first-order valence-electron chi connectivity index (χ1n) is 7.50. The Bertz CT molecular complexity index is 381. The molecule has 9 heteroatoms. The third-order valence-electron chi connectivity index (χ3n) is 3.37. The summed E-state index contributed by atoms with van der Waals surface area (Å²) >= 11 is 0. The molecule has 6 amide bonds. The molecule has 1 aliphatic rings. The van der Waals surface area contributed by atoms with E-state index in [1.807, 2.05) is 13.8 Å². The third-order valence-corrected chi connectivity index (χ3v) is 3.37. The van der Waals surface area contributed by atoms with Crippen molar-refractivity contribution in [3.8, 4) is 0 Å². The lowest BCUT2D eigenvalue weighted by Gasteiger charge is -2.26. The van der Waals surface area contributed by atoms with Crippen LogP contribution in [0.5, 0.6) is 0 Å². The van der Waals surface area contributed by atoms with Crippen molar-refractivity contribution in [2.24, 2.45) is 0 Å². The topological polar surface area (TPSA) is 106 Å². The highest BCUT2D eigenvalue weighted by molar-refractivity contribution is 5.82. The van der Waals surface area contributed by atoms with Gasteiger partial charge in [-0.05, 0) is 12.8 Å². The second kappa shape index (κ2) is 8.30. The van der Waals surface area contributed by atoms with E-state index >= 15 is 0 Å². The molecular formula is C13H26N6O3. The summed E-state index contributed by atoms with van der Waals surface area (Å²) in [6.07, 6.45) is 0.352. The van der Waals surface area contributed by atoms with E-state index in [1.54, 1.807) is 14.1 Å². The summed E-state index contributed by atoms with van der Waals surface area (Å²) in [5.41, 5.74) is 0. The lowest BCUT2D eigenvalue weighted by atomic mass is 10.3. The fraction of sp³-hybridized carbons (Fsp3) is 0.769. The Morgan fingerprint density at radius 1 is 0.909 bits per heavy atom. The smallest absolute Gasteiger partial charge is 0.323 e. The van der Waals surface area contributed by atoms with Gasteiger partial charge >= 0.3 is 18.1 Å². The third kappa shape index (κ3) is 4.40. The van der Waals surface area contributed by atoms with Gasteiger partial charge in [0, 0.05) is 27.2 Å². The van der Waals surface area contributed by atoms with Crippen LogP contribution in [-0.2, 0) is 0 Å². The zero-order valence-corrected chi connectivity index (χ0v) is 13.6. The molecule has 1 heterocycles. The minimum absolute atomic E-state index is 0.276. The molecule has 1 saturated heterocycles. The van der Waals surface area contributed by atoms with Crippen LogP contribution < -0.4 is 21.3 Å². The largest absolute Gasteiger partial charge is 0.338 e. The highest BCUT2D eigenvalue weighted by Crippen LogP contribution is 2.16. The van der Waals surface area contributed by atoms with Crippen LogP contribution in [0.15, 0.2) is 0 Å². The van der Waals surface area contributed by atoms with Gasteiger partial charge in [-0.25, -0.2) is 14.4 Å². The molecule has 0 aromatic carbocycles. The first kappa shape index (κ1) is 17.9. The van der Waals surface area contributed by atoms with Gasteiger partial charge in [-0.15, -0.1) is 0 Å².